The molecule has 0 saturated heterocycles. The van der Waals surface area contributed by atoms with Crippen molar-refractivity contribution in [1.29, 1.82) is 0 Å². The highest BCUT2D eigenvalue weighted by molar-refractivity contribution is 6.33. The molecule has 0 fully saturated rings. The molecule has 39 heavy (non-hydrogen) atoms. The molecule has 11 heteroatoms. The summed E-state index contributed by atoms with van der Waals surface area (Å²) in [6.45, 7) is -0.855. The Morgan fingerprint density at radius 1 is 1.05 bits per heavy atom. The number of carboxylic acids is 1. The average Bonchev–Trinajstić information content (AvgIpc) is 3.32. The summed E-state index contributed by atoms with van der Waals surface area (Å²) < 4.78 is 13.7. The van der Waals surface area contributed by atoms with Gasteiger partial charge in [-0.3, -0.25) is 19.4 Å². The van der Waals surface area contributed by atoms with E-state index in [2.05, 4.69) is 10.6 Å². The number of nitrogens with two attached hydrogens (primary N) is 1. The highest BCUT2D eigenvalue weighted by Crippen LogP contribution is 2.46. The van der Waals surface area contributed by atoms with Gasteiger partial charge in [-0.2, -0.15) is 5.10 Å². The number of carbonyl (C=O) groups is 3. The van der Waals surface area contributed by atoms with Gasteiger partial charge in [0.1, 0.15) is 12.4 Å². The van der Waals surface area contributed by atoms with Crippen LogP contribution in [0.4, 0.5) is 15.8 Å². The zero-order chi connectivity index (χ0) is 27.7. The molecule has 2 amide bonds. The fraction of sp³-hybridized carbons (Fsp3) is 0.214. The van der Waals surface area contributed by atoms with Crippen LogP contribution in [-0.4, -0.2) is 41.7 Å². The maximum atomic E-state index is 13.7. The monoisotopic (exact) mass is 549 g/mol. The van der Waals surface area contributed by atoms with Crippen LogP contribution in [0.1, 0.15) is 39.5 Å². The van der Waals surface area contributed by atoms with Crippen molar-refractivity contribution in [2.75, 3.05) is 23.8 Å². The Morgan fingerprint density at radius 3 is 2.54 bits per heavy atom. The second-order valence-electron chi connectivity index (χ2n) is 9.40. The quantitative estimate of drug-likeness (QED) is 0.333. The molecule has 0 spiro atoms. The van der Waals surface area contributed by atoms with Gasteiger partial charge >= 0.3 is 5.97 Å². The molecule has 1 heterocycles. The Kier molecular flexibility index (Phi) is 7.21. The standard InChI is InChI=1S/C28H25ClFN5O4/c29-22-12-19(7-10-23(22)31)35-27(15-1-5-18(30)6-2-15)21-9-3-16-11-17(4-8-20(16)26(21)34-35)28(39)33-13-24(36)32-14-25(37)38/h1-2,4-8,10-12,21,27H,3,9,13-14,31H2,(H,32,36)(H,33,39)(H,37,38)/t21-,27-/m0/s1. The number of nitrogen functional groups attached to an aromatic ring is 1. The van der Waals surface area contributed by atoms with Crippen LogP contribution in [0.5, 0.6) is 0 Å². The number of nitrogens with one attached hydrogen (secondary N) is 2. The van der Waals surface area contributed by atoms with Gasteiger partial charge in [-0.15, -0.1) is 0 Å². The van der Waals surface area contributed by atoms with Crippen LogP contribution in [0.3, 0.4) is 0 Å². The lowest BCUT2D eigenvalue weighted by atomic mass is 9.77. The molecule has 2 aliphatic rings. The molecule has 0 aromatic heterocycles. The van der Waals surface area contributed by atoms with Crippen LogP contribution in [0.15, 0.2) is 65.8 Å². The summed E-state index contributed by atoms with van der Waals surface area (Å²) in [4.78, 5) is 35.0. The van der Waals surface area contributed by atoms with Gasteiger partial charge in [-0.05, 0) is 66.4 Å². The third-order valence-electron chi connectivity index (χ3n) is 6.89. The fourth-order valence-corrected chi connectivity index (χ4v) is 5.21. The van der Waals surface area contributed by atoms with E-state index < -0.39 is 24.3 Å². The third-order valence-corrected chi connectivity index (χ3v) is 7.21. The lowest BCUT2D eigenvalue weighted by molar-refractivity contribution is -0.137. The minimum Gasteiger partial charge on any atom is -0.480 e. The molecule has 3 aromatic rings. The van der Waals surface area contributed by atoms with Crippen molar-refractivity contribution in [3.63, 3.8) is 0 Å². The second kappa shape index (κ2) is 10.7. The normalized spacial score (nSPS) is 17.6. The summed E-state index contributed by atoms with van der Waals surface area (Å²) in [5.41, 5.74) is 11.2. The summed E-state index contributed by atoms with van der Waals surface area (Å²) in [5.74, 6) is -2.52. The number of rotatable bonds is 7. The van der Waals surface area contributed by atoms with Gasteiger partial charge in [0.15, 0.2) is 0 Å². The highest BCUT2D eigenvalue weighted by Gasteiger charge is 2.42. The van der Waals surface area contributed by atoms with Crippen molar-refractivity contribution in [1.82, 2.24) is 10.6 Å². The number of halogens is 2. The Labute approximate surface area is 228 Å². The molecular weight excluding hydrogens is 525 g/mol. The Balaban J connectivity index is 1.42. The number of anilines is 2. The molecule has 1 aliphatic heterocycles. The number of hydrogen-bond donors (Lipinski definition) is 4. The van der Waals surface area contributed by atoms with E-state index in [0.29, 0.717) is 22.7 Å². The fourth-order valence-electron chi connectivity index (χ4n) is 5.03. The SMILES string of the molecule is Nc1ccc(N2N=C3c4ccc(C(=O)NCC(=O)NCC(=O)O)cc4CC[C@@H]3[C@@H]2c2ccc(F)cc2)cc1Cl. The Morgan fingerprint density at radius 2 is 1.82 bits per heavy atom. The number of nitrogens with zero attached hydrogens (tertiary/aromatic N) is 2. The molecular formula is C28H25ClFN5O4. The van der Waals surface area contributed by atoms with Crippen LogP contribution < -0.4 is 21.4 Å². The summed E-state index contributed by atoms with van der Waals surface area (Å²) >= 11 is 6.33. The smallest absolute Gasteiger partial charge is 0.322 e. The molecule has 2 atom stereocenters. The zero-order valence-corrected chi connectivity index (χ0v) is 21.4. The topological polar surface area (TPSA) is 137 Å². The lowest BCUT2D eigenvalue weighted by Crippen LogP contribution is -2.39. The van der Waals surface area contributed by atoms with Crippen molar-refractivity contribution < 1.29 is 23.9 Å². The molecule has 0 saturated carbocycles. The minimum atomic E-state index is -1.17. The largest absolute Gasteiger partial charge is 0.480 e. The number of fused-ring (bicyclic) bond motifs is 3. The van der Waals surface area contributed by atoms with E-state index in [1.807, 2.05) is 17.1 Å². The van der Waals surface area contributed by atoms with E-state index in [1.165, 1.54) is 12.1 Å². The summed E-state index contributed by atoms with van der Waals surface area (Å²) in [5, 5.41) is 20.7. The first-order chi connectivity index (χ1) is 18.7. The summed E-state index contributed by atoms with van der Waals surface area (Å²) in [6, 6.07) is 16.8. The predicted octanol–water partition coefficient (Wildman–Crippen LogP) is 3.52. The number of hydrogen-bond acceptors (Lipinski definition) is 6. The van der Waals surface area contributed by atoms with Crippen LogP contribution in [0.25, 0.3) is 0 Å². The first-order valence-electron chi connectivity index (χ1n) is 12.3. The van der Waals surface area contributed by atoms with Gasteiger partial charge in [0.2, 0.25) is 5.91 Å². The van der Waals surface area contributed by atoms with Gasteiger partial charge in [0.05, 0.1) is 34.7 Å². The summed E-state index contributed by atoms with van der Waals surface area (Å²) in [6.07, 6.45) is 1.43. The molecule has 1 aliphatic carbocycles. The first-order valence-corrected chi connectivity index (χ1v) is 12.7. The highest BCUT2D eigenvalue weighted by atomic mass is 35.5. The summed E-state index contributed by atoms with van der Waals surface area (Å²) in [7, 11) is 0. The van der Waals surface area contributed by atoms with Gasteiger partial charge < -0.3 is 21.5 Å². The maximum Gasteiger partial charge on any atom is 0.322 e. The Hall–Kier alpha value is -4.44. The van der Waals surface area contributed by atoms with E-state index in [9.17, 15) is 18.8 Å². The van der Waals surface area contributed by atoms with E-state index in [-0.39, 0.29) is 24.3 Å². The van der Waals surface area contributed by atoms with Gasteiger partial charge in [-0.25, -0.2) is 4.39 Å². The lowest BCUT2D eigenvalue weighted by Gasteiger charge is -2.31. The number of aryl methyl sites for hydroxylation is 1. The molecule has 0 bridgehead atoms. The number of amides is 2. The van der Waals surface area contributed by atoms with Crippen molar-refractivity contribution in [3.8, 4) is 0 Å². The molecule has 0 radical (unpaired) electrons. The van der Waals surface area contributed by atoms with Crippen LogP contribution in [0.2, 0.25) is 5.02 Å². The minimum absolute atomic E-state index is 0.0110. The van der Waals surface area contributed by atoms with Gasteiger partial charge in [0, 0.05) is 17.0 Å². The van der Waals surface area contributed by atoms with Crippen molar-refractivity contribution in [2.24, 2.45) is 11.0 Å². The number of benzene rings is 3. The molecule has 5 rings (SSSR count). The van der Waals surface area contributed by atoms with E-state index in [4.69, 9.17) is 27.5 Å². The number of aliphatic carboxylic acids is 1. The van der Waals surface area contributed by atoms with Gasteiger partial charge in [-0.1, -0.05) is 29.8 Å². The van der Waals surface area contributed by atoms with Crippen LogP contribution >= 0.6 is 11.6 Å². The number of carboxylic acid groups (broad SMARTS) is 1. The molecule has 5 N–H and O–H groups in total. The van der Waals surface area contributed by atoms with Crippen molar-refractivity contribution in [2.45, 2.75) is 18.9 Å². The van der Waals surface area contributed by atoms with Crippen molar-refractivity contribution >= 4 is 46.5 Å². The molecule has 0 unspecified atom stereocenters. The zero-order valence-electron chi connectivity index (χ0n) is 20.7. The van der Waals surface area contributed by atoms with E-state index >= 15 is 0 Å². The Bertz CT molecular complexity index is 1490. The van der Waals surface area contributed by atoms with E-state index in [0.717, 1.165) is 34.5 Å². The molecule has 200 valence electrons. The first kappa shape index (κ1) is 26.2. The molecule has 3 aromatic carbocycles. The van der Waals surface area contributed by atoms with Crippen LogP contribution in [-0.2, 0) is 16.0 Å². The third kappa shape index (κ3) is 5.42. The maximum absolute atomic E-state index is 13.7. The van der Waals surface area contributed by atoms with E-state index in [1.54, 1.807) is 36.4 Å². The molecule has 9 nitrogen and oxygen atoms in total. The number of hydrazone groups is 1. The number of carbonyl (C=O) groups excluding carboxylic acids is 2. The average molecular weight is 550 g/mol. The predicted molar refractivity (Wildman–Crippen MR) is 145 cm³/mol. The second-order valence-corrected chi connectivity index (χ2v) is 9.81. The van der Waals surface area contributed by atoms with Gasteiger partial charge in [0.25, 0.3) is 5.91 Å². The van der Waals surface area contributed by atoms with Crippen molar-refractivity contribution in [3.05, 3.63) is 93.8 Å². The van der Waals surface area contributed by atoms with Crippen LogP contribution in [0, 0.1) is 11.7 Å².